The molecule has 0 aromatic carbocycles. The van der Waals surface area contributed by atoms with E-state index in [-0.39, 0.29) is 6.10 Å². The molecule has 2 nitrogen and oxygen atoms in total. The molecule has 0 radical (unpaired) electrons. The van der Waals surface area contributed by atoms with E-state index in [1.54, 1.807) is 5.57 Å². The van der Waals surface area contributed by atoms with Gasteiger partial charge in [-0.3, -0.25) is 0 Å². The summed E-state index contributed by atoms with van der Waals surface area (Å²) < 4.78 is 8.80. The molecular formula is C19H26NO+. The highest BCUT2D eigenvalue weighted by molar-refractivity contribution is 5.25. The standard InChI is InChI=1S/C19H26NO/c1-20-12-6-7-14(13-20)19-17-10-3-2-8-15(17)16-9-4-5-11-18(16)21-19/h6-8,12-13,16-19H,2-5,9-11H2,1H3/q+1. The van der Waals surface area contributed by atoms with E-state index in [0.29, 0.717) is 12.0 Å². The maximum Gasteiger partial charge on any atom is 0.174 e. The molecule has 1 aromatic rings. The summed E-state index contributed by atoms with van der Waals surface area (Å²) in [7, 11) is 2.10. The Kier molecular flexibility index (Phi) is 3.58. The highest BCUT2D eigenvalue weighted by Gasteiger charge is 2.43. The van der Waals surface area contributed by atoms with Crippen LogP contribution in [0.4, 0.5) is 0 Å². The molecule has 2 aliphatic carbocycles. The summed E-state index contributed by atoms with van der Waals surface area (Å²) in [4.78, 5) is 0. The van der Waals surface area contributed by atoms with Crippen LogP contribution in [0.15, 0.2) is 36.2 Å². The molecule has 1 aliphatic heterocycles. The summed E-state index contributed by atoms with van der Waals surface area (Å²) in [5.74, 6) is 1.35. The van der Waals surface area contributed by atoms with Gasteiger partial charge in [-0.25, -0.2) is 4.57 Å². The average molecular weight is 284 g/mol. The number of rotatable bonds is 1. The minimum atomic E-state index is 0.281. The summed E-state index contributed by atoms with van der Waals surface area (Å²) in [5.41, 5.74) is 3.11. The lowest BCUT2D eigenvalue weighted by atomic mass is 9.68. The largest absolute Gasteiger partial charge is 0.369 e. The number of aryl methyl sites for hydroxylation is 1. The van der Waals surface area contributed by atoms with E-state index in [1.807, 2.05) is 0 Å². The van der Waals surface area contributed by atoms with Gasteiger partial charge in [0.1, 0.15) is 7.05 Å². The molecule has 3 aliphatic rings. The number of aromatic nitrogens is 1. The molecule has 0 spiro atoms. The number of nitrogens with zero attached hydrogens (tertiary/aromatic N) is 1. The van der Waals surface area contributed by atoms with Gasteiger partial charge in [0.05, 0.1) is 12.2 Å². The van der Waals surface area contributed by atoms with Crippen LogP contribution in [-0.2, 0) is 11.8 Å². The van der Waals surface area contributed by atoms with E-state index in [1.165, 1.54) is 50.5 Å². The van der Waals surface area contributed by atoms with Crippen molar-refractivity contribution in [3.63, 3.8) is 0 Å². The van der Waals surface area contributed by atoms with Crippen LogP contribution in [0.3, 0.4) is 0 Å². The van der Waals surface area contributed by atoms with Gasteiger partial charge in [0.25, 0.3) is 0 Å². The molecule has 112 valence electrons. The van der Waals surface area contributed by atoms with Crippen molar-refractivity contribution in [3.8, 4) is 0 Å². The fourth-order valence-electron chi connectivity index (χ4n) is 4.69. The summed E-state index contributed by atoms with van der Waals surface area (Å²) in [6.45, 7) is 0. The van der Waals surface area contributed by atoms with E-state index < -0.39 is 0 Å². The van der Waals surface area contributed by atoms with Gasteiger partial charge in [-0.2, -0.15) is 0 Å². The third-order valence-corrected chi connectivity index (χ3v) is 5.64. The van der Waals surface area contributed by atoms with Crippen LogP contribution in [0.5, 0.6) is 0 Å². The molecule has 1 aromatic heterocycles. The Morgan fingerprint density at radius 2 is 1.95 bits per heavy atom. The van der Waals surface area contributed by atoms with Crippen molar-refractivity contribution < 1.29 is 9.30 Å². The van der Waals surface area contributed by atoms with Crippen molar-refractivity contribution >= 4 is 0 Å². The van der Waals surface area contributed by atoms with Crippen molar-refractivity contribution in [2.24, 2.45) is 18.9 Å². The zero-order valence-corrected chi connectivity index (χ0v) is 13.0. The number of fused-ring (bicyclic) bond motifs is 3. The smallest absolute Gasteiger partial charge is 0.174 e. The zero-order chi connectivity index (χ0) is 14.2. The second kappa shape index (κ2) is 5.57. The lowest BCUT2D eigenvalue weighted by Crippen LogP contribution is -2.42. The Hall–Kier alpha value is -1.15. The molecule has 21 heavy (non-hydrogen) atoms. The number of hydrogen-bond acceptors (Lipinski definition) is 1. The molecule has 1 saturated heterocycles. The van der Waals surface area contributed by atoms with Crippen LogP contribution in [0.2, 0.25) is 0 Å². The van der Waals surface area contributed by atoms with Crippen molar-refractivity contribution in [1.29, 1.82) is 0 Å². The lowest BCUT2D eigenvalue weighted by molar-refractivity contribution is -0.672. The van der Waals surface area contributed by atoms with Gasteiger partial charge >= 0.3 is 0 Å². The first kappa shape index (κ1) is 13.5. The van der Waals surface area contributed by atoms with Crippen LogP contribution in [0.1, 0.15) is 56.6 Å². The van der Waals surface area contributed by atoms with Crippen LogP contribution >= 0.6 is 0 Å². The first-order valence-corrected chi connectivity index (χ1v) is 8.63. The zero-order valence-electron chi connectivity index (χ0n) is 13.0. The molecule has 0 amide bonds. The van der Waals surface area contributed by atoms with E-state index in [9.17, 15) is 0 Å². The summed E-state index contributed by atoms with van der Waals surface area (Å²) in [6.07, 6.45) is 16.9. The molecule has 0 bridgehead atoms. The molecule has 2 heteroatoms. The Morgan fingerprint density at radius 1 is 1.10 bits per heavy atom. The van der Waals surface area contributed by atoms with Crippen LogP contribution in [-0.4, -0.2) is 6.10 Å². The quantitative estimate of drug-likeness (QED) is 0.563. The number of pyridine rings is 1. The van der Waals surface area contributed by atoms with Crippen LogP contribution in [0, 0.1) is 11.8 Å². The molecular weight excluding hydrogens is 258 g/mol. The van der Waals surface area contributed by atoms with Crippen LogP contribution < -0.4 is 4.57 Å². The van der Waals surface area contributed by atoms with E-state index >= 15 is 0 Å². The van der Waals surface area contributed by atoms with Gasteiger partial charge in [0.15, 0.2) is 12.4 Å². The van der Waals surface area contributed by atoms with Crippen molar-refractivity contribution in [3.05, 3.63) is 41.7 Å². The minimum Gasteiger partial charge on any atom is -0.369 e. The minimum absolute atomic E-state index is 0.281. The lowest BCUT2D eigenvalue weighted by Gasteiger charge is -2.47. The summed E-state index contributed by atoms with van der Waals surface area (Å²) in [6, 6.07) is 4.40. The highest BCUT2D eigenvalue weighted by Crippen LogP contribution is 2.50. The molecule has 2 fully saturated rings. The monoisotopic (exact) mass is 284 g/mol. The normalized spacial score (nSPS) is 35.6. The average Bonchev–Trinajstić information content (AvgIpc) is 2.54. The van der Waals surface area contributed by atoms with E-state index in [4.69, 9.17) is 4.74 Å². The van der Waals surface area contributed by atoms with Crippen molar-refractivity contribution in [2.45, 2.75) is 57.2 Å². The Labute approximate surface area is 127 Å². The third kappa shape index (κ3) is 2.44. The maximum atomic E-state index is 6.65. The molecule has 4 rings (SSSR count). The highest BCUT2D eigenvalue weighted by atomic mass is 16.5. The Balaban J connectivity index is 1.70. The second-order valence-electron chi connectivity index (χ2n) is 7.03. The SMILES string of the molecule is C[n+]1cccc(C2OC3CCCCC3C3=CCCCC32)c1. The third-order valence-electron chi connectivity index (χ3n) is 5.64. The summed E-state index contributed by atoms with van der Waals surface area (Å²) in [5, 5.41) is 0. The van der Waals surface area contributed by atoms with E-state index in [0.717, 1.165) is 5.92 Å². The second-order valence-corrected chi connectivity index (χ2v) is 7.03. The molecule has 4 unspecified atom stereocenters. The van der Waals surface area contributed by atoms with Gasteiger partial charge < -0.3 is 4.74 Å². The van der Waals surface area contributed by atoms with Crippen molar-refractivity contribution in [1.82, 2.24) is 0 Å². The predicted octanol–water partition coefficient (Wildman–Crippen LogP) is 3.87. The van der Waals surface area contributed by atoms with Crippen LogP contribution in [0.25, 0.3) is 0 Å². The fraction of sp³-hybridized carbons (Fsp3) is 0.632. The number of hydrogen-bond donors (Lipinski definition) is 0. The van der Waals surface area contributed by atoms with E-state index in [2.05, 4.69) is 42.2 Å². The Morgan fingerprint density at radius 3 is 2.86 bits per heavy atom. The number of allylic oxidation sites excluding steroid dienone is 1. The maximum absolute atomic E-state index is 6.65. The predicted molar refractivity (Wildman–Crippen MR) is 82.6 cm³/mol. The molecule has 2 heterocycles. The van der Waals surface area contributed by atoms with Gasteiger partial charge in [-0.05, 0) is 38.2 Å². The molecule has 1 saturated carbocycles. The van der Waals surface area contributed by atoms with Gasteiger partial charge in [0.2, 0.25) is 0 Å². The molecule has 4 atom stereocenters. The number of ether oxygens (including phenoxy) is 1. The topological polar surface area (TPSA) is 13.1 Å². The van der Waals surface area contributed by atoms with Gasteiger partial charge in [0, 0.05) is 23.5 Å². The van der Waals surface area contributed by atoms with Gasteiger partial charge in [-0.1, -0.05) is 24.5 Å². The Bertz CT molecular complexity index is 550. The van der Waals surface area contributed by atoms with Crippen molar-refractivity contribution in [2.75, 3.05) is 0 Å². The first-order chi connectivity index (χ1) is 10.3. The first-order valence-electron chi connectivity index (χ1n) is 8.63. The van der Waals surface area contributed by atoms with Gasteiger partial charge in [-0.15, -0.1) is 0 Å². The molecule has 0 N–H and O–H groups in total. The fourth-order valence-corrected chi connectivity index (χ4v) is 4.69. The summed E-state index contributed by atoms with van der Waals surface area (Å²) >= 11 is 0.